The lowest BCUT2D eigenvalue weighted by molar-refractivity contribution is 0.509. The fourth-order valence-electron chi connectivity index (χ4n) is 2.99. The van der Waals surface area contributed by atoms with Crippen LogP contribution in [0.25, 0.3) is 0 Å². The molecule has 3 rings (SSSR count). The highest BCUT2D eigenvalue weighted by Crippen LogP contribution is 2.32. The van der Waals surface area contributed by atoms with Crippen LogP contribution in [0.4, 0.5) is 5.95 Å². The van der Waals surface area contributed by atoms with E-state index in [9.17, 15) is 0 Å². The Morgan fingerprint density at radius 3 is 2.70 bits per heavy atom. The summed E-state index contributed by atoms with van der Waals surface area (Å²) in [7, 11) is 2.07. The van der Waals surface area contributed by atoms with E-state index in [0.717, 1.165) is 17.3 Å². The lowest BCUT2D eigenvalue weighted by Crippen LogP contribution is -2.22. The molecule has 1 N–H and O–H groups in total. The molecule has 1 aromatic carbocycles. The maximum Gasteiger partial charge on any atom is 0.226 e. The fraction of sp³-hybridized carbons (Fsp3) is 0.467. The van der Waals surface area contributed by atoms with Crippen LogP contribution in [0.15, 0.2) is 30.3 Å². The number of nitrogens with zero attached hydrogens (tertiary/aromatic N) is 3. The number of rotatable bonds is 4. The zero-order chi connectivity index (χ0) is 13.9. The van der Waals surface area contributed by atoms with E-state index < -0.39 is 0 Å². The van der Waals surface area contributed by atoms with Gasteiger partial charge in [0.05, 0.1) is 0 Å². The largest absolute Gasteiger partial charge is 0.340 e. The van der Waals surface area contributed by atoms with E-state index in [4.69, 9.17) is 12.2 Å². The first kappa shape index (κ1) is 13.4. The summed E-state index contributed by atoms with van der Waals surface area (Å²) in [5, 5.41) is 7.38. The second-order valence-corrected chi connectivity index (χ2v) is 5.87. The van der Waals surface area contributed by atoms with Gasteiger partial charge in [-0.15, -0.1) is 5.10 Å². The van der Waals surface area contributed by atoms with E-state index in [1.165, 1.54) is 31.2 Å². The first-order chi connectivity index (χ1) is 9.75. The van der Waals surface area contributed by atoms with Crippen molar-refractivity contribution in [2.75, 3.05) is 11.9 Å². The van der Waals surface area contributed by atoms with Crippen molar-refractivity contribution in [2.45, 2.75) is 38.3 Å². The summed E-state index contributed by atoms with van der Waals surface area (Å²) in [6, 6.07) is 11.0. The lowest BCUT2D eigenvalue weighted by Gasteiger charge is -2.22. The highest BCUT2D eigenvalue weighted by Gasteiger charge is 2.22. The molecular formula is C15H20N4S. The van der Waals surface area contributed by atoms with E-state index in [-0.39, 0.29) is 0 Å². The molecular weight excluding hydrogens is 268 g/mol. The minimum absolute atomic E-state index is 0.509. The van der Waals surface area contributed by atoms with Crippen molar-refractivity contribution in [1.82, 2.24) is 14.8 Å². The smallest absolute Gasteiger partial charge is 0.226 e. The predicted molar refractivity (Wildman–Crippen MR) is 83.5 cm³/mol. The van der Waals surface area contributed by atoms with E-state index in [2.05, 4.69) is 51.0 Å². The molecule has 1 aliphatic rings. The highest BCUT2D eigenvalue weighted by atomic mass is 32.1. The van der Waals surface area contributed by atoms with Crippen LogP contribution in [0.3, 0.4) is 0 Å². The molecule has 0 radical (unpaired) electrons. The Labute approximate surface area is 124 Å². The minimum Gasteiger partial charge on any atom is -0.340 e. The molecule has 1 saturated carbocycles. The molecule has 1 aliphatic carbocycles. The Morgan fingerprint density at radius 1 is 1.30 bits per heavy atom. The molecule has 0 unspecified atom stereocenters. The summed E-state index contributed by atoms with van der Waals surface area (Å²) in [5.41, 5.74) is 1.28. The molecule has 1 aromatic heterocycles. The summed E-state index contributed by atoms with van der Waals surface area (Å²) in [4.78, 5) is 2.17. The SMILES string of the molecule is CN(Cc1ccccc1)c1n[nH]c(=S)n1C1CCCC1. The molecule has 0 amide bonds. The fourth-order valence-corrected chi connectivity index (χ4v) is 3.26. The van der Waals surface area contributed by atoms with Crippen LogP contribution in [0.2, 0.25) is 0 Å². The first-order valence-electron chi connectivity index (χ1n) is 7.17. The Bertz CT molecular complexity index is 610. The summed E-state index contributed by atoms with van der Waals surface area (Å²) in [5.74, 6) is 0.950. The molecule has 0 atom stereocenters. The molecule has 0 saturated heterocycles. The minimum atomic E-state index is 0.509. The van der Waals surface area contributed by atoms with Crippen LogP contribution >= 0.6 is 12.2 Å². The summed E-state index contributed by atoms with van der Waals surface area (Å²) in [6.45, 7) is 0.840. The van der Waals surface area contributed by atoms with E-state index >= 15 is 0 Å². The summed E-state index contributed by atoms with van der Waals surface area (Å²) >= 11 is 5.41. The number of hydrogen-bond acceptors (Lipinski definition) is 3. The molecule has 0 bridgehead atoms. The molecule has 2 aromatic rings. The maximum absolute atomic E-state index is 5.41. The van der Waals surface area contributed by atoms with E-state index in [1.54, 1.807) is 0 Å². The number of hydrogen-bond donors (Lipinski definition) is 1. The van der Waals surface area contributed by atoms with Gasteiger partial charge in [-0.1, -0.05) is 43.2 Å². The van der Waals surface area contributed by atoms with E-state index in [0.29, 0.717) is 6.04 Å². The van der Waals surface area contributed by atoms with Gasteiger partial charge in [0.2, 0.25) is 5.95 Å². The topological polar surface area (TPSA) is 36.9 Å². The van der Waals surface area contributed by atoms with Crippen molar-refractivity contribution in [3.63, 3.8) is 0 Å². The highest BCUT2D eigenvalue weighted by molar-refractivity contribution is 7.71. The van der Waals surface area contributed by atoms with Crippen molar-refractivity contribution in [3.8, 4) is 0 Å². The van der Waals surface area contributed by atoms with Gasteiger partial charge in [-0.05, 0) is 30.6 Å². The number of anilines is 1. The predicted octanol–water partition coefficient (Wildman–Crippen LogP) is 3.69. The molecule has 1 fully saturated rings. The van der Waals surface area contributed by atoms with Crippen molar-refractivity contribution in [1.29, 1.82) is 0 Å². The molecule has 20 heavy (non-hydrogen) atoms. The third kappa shape index (κ3) is 2.63. The number of aromatic nitrogens is 3. The Hall–Kier alpha value is -1.62. The second-order valence-electron chi connectivity index (χ2n) is 5.48. The normalized spacial score (nSPS) is 15.7. The van der Waals surface area contributed by atoms with Gasteiger partial charge in [-0.3, -0.25) is 4.57 Å². The number of aromatic amines is 1. The van der Waals surface area contributed by atoms with Crippen LogP contribution < -0.4 is 4.90 Å². The summed E-state index contributed by atoms with van der Waals surface area (Å²) < 4.78 is 2.94. The number of benzene rings is 1. The van der Waals surface area contributed by atoms with Crippen molar-refractivity contribution >= 4 is 18.2 Å². The van der Waals surface area contributed by atoms with Crippen molar-refractivity contribution in [3.05, 3.63) is 40.7 Å². The third-order valence-corrected chi connectivity index (χ3v) is 4.27. The molecule has 5 heteroatoms. The van der Waals surface area contributed by atoms with Gasteiger partial charge in [0.1, 0.15) is 0 Å². The average molecular weight is 288 g/mol. The first-order valence-corrected chi connectivity index (χ1v) is 7.58. The van der Waals surface area contributed by atoms with Crippen molar-refractivity contribution < 1.29 is 0 Å². The van der Waals surface area contributed by atoms with Gasteiger partial charge < -0.3 is 4.90 Å². The number of nitrogens with one attached hydrogen (secondary N) is 1. The van der Waals surface area contributed by atoms with Crippen LogP contribution in [0, 0.1) is 4.77 Å². The monoisotopic (exact) mass is 288 g/mol. The molecule has 0 aliphatic heterocycles. The van der Waals surface area contributed by atoms with Gasteiger partial charge in [0.15, 0.2) is 4.77 Å². The third-order valence-electron chi connectivity index (χ3n) is 3.98. The van der Waals surface area contributed by atoms with Crippen LogP contribution in [0.5, 0.6) is 0 Å². The van der Waals surface area contributed by atoms with Crippen LogP contribution in [0.1, 0.15) is 37.3 Å². The van der Waals surface area contributed by atoms with Gasteiger partial charge in [0.25, 0.3) is 0 Å². The van der Waals surface area contributed by atoms with Gasteiger partial charge in [-0.2, -0.15) is 0 Å². The quantitative estimate of drug-likeness (QED) is 0.872. The Balaban J connectivity index is 1.84. The second kappa shape index (κ2) is 5.79. The maximum atomic E-state index is 5.41. The van der Waals surface area contributed by atoms with Gasteiger partial charge in [0, 0.05) is 19.6 Å². The zero-order valence-corrected chi connectivity index (χ0v) is 12.6. The van der Waals surface area contributed by atoms with Gasteiger partial charge >= 0.3 is 0 Å². The van der Waals surface area contributed by atoms with E-state index in [1.807, 2.05) is 6.07 Å². The molecule has 1 heterocycles. The summed E-state index contributed by atoms with van der Waals surface area (Å²) in [6.07, 6.45) is 5.00. The van der Waals surface area contributed by atoms with Crippen LogP contribution in [-0.4, -0.2) is 21.8 Å². The Kier molecular flexibility index (Phi) is 3.87. The lowest BCUT2D eigenvalue weighted by atomic mass is 10.2. The molecule has 4 nitrogen and oxygen atoms in total. The van der Waals surface area contributed by atoms with Crippen LogP contribution in [-0.2, 0) is 6.54 Å². The zero-order valence-electron chi connectivity index (χ0n) is 11.7. The standard InChI is InChI=1S/C15H20N4S/c1-18(11-12-7-3-2-4-8-12)14-16-17-15(20)19(14)13-9-5-6-10-13/h2-4,7-8,13H,5-6,9-11H2,1H3,(H,17,20). The van der Waals surface area contributed by atoms with Crippen molar-refractivity contribution in [2.24, 2.45) is 0 Å². The Morgan fingerprint density at radius 2 is 2.00 bits per heavy atom. The molecule has 0 spiro atoms. The average Bonchev–Trinajstić information content (AvgIpc) is 3.08. The van der Waals surface area contributed by atoms with Gasteiger partial charge in [-0.25, -0.2) is 5.10 Å². The number of H-pyrrole nitrogens is 1. The molecule has 106 valence electrons.